The van der Waals surface area contributed by atoms with Gasteiger partial charge >= 0.3 is 0 Å². The molecular weight excluding hydrogens is 252 g/mol. The summed E-state index contributed by atoms with van der Waals surface area (Å²) in [6.45, 7) is 2.68. The second kappa shape index (κ2) is 5.33. The molecule has 0 bridgehead atoms. The third-order valence-electron chi connectivity index (χ3n) is 3.07. The zero-order valence-corrected chi connectivity index (χ0v) is 11.3. The largest absolute Gasteiger partial charge is 0.382 e. The number of hydrogen-bond acceptors (Lipinski definition) is 5. The van der Waals surface area contributed by atoms with Gasteiger partial charge in [0.15, 0.2) is 5.82 Å². The number of rotatable bonds is 3. The van der Waals surface area contributed by atoms with Crippen molar-refractivity contribution in [2.75, 3.05) is 24.2 Å². The topological polar surface area (TPSA) is 94.7 Å². The summed E-state index contributed by atoms with van der Waals surface area (Å²) in [4.78, 5) is 1.85. The highest BCUT2D eigenvalue weighted by molar-refractivity contribution is 5.67. The number of nitrogen functional groups attached to an aromatic ring is 1. The van der Waals surface area contributed by atoms with Gasteiger partial charge in [0.05, 0.1) is 17.3 Å². The van der Waals surface area contributed by atoms with E-state index in [2.05, 4.69) is 17.2 Å². The van der Waals surface area contributed by atoms with Crippen LogP contribution in [0.2, 0.25) is 0 Å². The van der Waals surface area contributed by atoms with E-state index >= 15 is 0 Å². The van der Waals surface area contributed by atoms with Crippen LogP contribution in [-0.2, 0) is 0 Å². The van der Waals surface area contributed by atoms with Crippen LogP contribution in [0.4, 0.5) is 11.6 Å². The Labute approximate surface area is 117 Å². The Hall–Kier alpha value is -2.99. The summed E-state index contributed by atoms with van der Waals surface area (Å²) < 4.78 is 1.49. The maximum Gasteiger partial charge on any atom is 0.171 e. The molecule has 0 radical (unpaired) electrons. The smallest absolute Gasteiger partial charge is 0.171 e. The van der Waals surface area contributed by atoms with Crippen LogP contribution in [0.15, 0.2) is 24.3 Å². The Morgan fingerprint density at radius 2 is 2.10 bits per heavy atom. The number of nitriles is 2. The van der Waals surface area contributed by atoms with E-state index in [-0.39, 0.29) is 5.82 Å². The molecule has 0 amide bonds. The van der Waals surface area contributed by atoms with Crippen LogP contribution in [-0.4, -0.2) is 23.4 Å². The number of nitrogens with zero attached hydrogens (tertiary/aromatic N) is 5. The summed E-state index contributed by atoms with van der Waals surface area (Å²) in [5.41, 5.74) is 7.52. The monoisotopic (exact) mass is 266 g/mol. The van der Waals surface area contributed by atoms with Gasteiger partial charge in [-0.25, -0.2) is 4.68 Å². The van der Waals surface area contributed by atoms with Crippen molar-refractivity contribution in [3.8, 4) is 17.8 Å². The van der Waals surface area contributed by atoms with Gasteiger partial charge in [-0.05, 0) is 25.1 Å². The quantitative estimate of drug-likeness (QED) is 0.911. The standard InChI is InChI=1S/C14H14N6/c1-3-19(2)14-12(9-16)13(17)20(18-14)11-6-4-5-10(7-11)8-15/h4-7H,3,17H2,1-2H3. The highest BCUT2D eigenvalue weighted by Gasteiger charge is 2.18. The zero-order valence-electron chi connectivity index (χ0n) is 11.3. The molecule has 6 nitrogen and oxygen atoms in total. The van der Waals surface area contributed by atoms with Gasteiger partial charge in [0.2, 0.25) is 0 Å². The normalized spacial score (nSPS) is 9.80. The van der Waals surface area contributed by atoms with Gasteiger partial charge in [0.25, 0.3) is 0 Å². The van der Waals surface area contributed by atoms with Gasteiger partial charge in [0, 0.05) is 13.6 Å². The molecule has 1 aromatic heterocycles. The molecule has 0 aliphatic rings. The highest BCUT2D eigenvalue weighted by atomic mass is 15.4. The Bertz CT molecular complexity index is 716. The lowest BCUT2D eigenvalue weighted by Gasteiger charge is -2.12. The minimum atomic E-state index is 0.276. The number of nitrogens with two attached hydrogens (primary N) is 1. The number of aromatic nitrogens is 2. The van der Waals surface area contributed by atoms with Crippen molar-refractivity contribution in [2.45, 2.75) is 6.92 Å². The SMILES string of the molecule is CCN(C)c1nn(-c2cccc(C#N)c2)c(N)c1C#N. The maximum absolute atomic E-state index is 9.24. The van der Waals surface area contributed by atoms with Gasteiger partial charge in [-0.1, -0.05) is 6.07 Å². The van der Waals surface area contributed by atoms with E-state index < -0.39 is 0 Å². The average Bonchev–Trinajstić information content (AvgIpc) is 2.83. The van der Waals surface area contributed by atoms with Crippen molar-refractivity contribution in [2.24, 2.45) is 0 Å². The van der Waals surface area contributed by atoms with Crippen LogP contribution in [0, 0.1) is 22.7 Å². The van der Waals surface area contributed by atoms with E-state index in [0.29, 0.717) is 29.2 Å². The Morgan fingerprint density at radius 3 is 2.70 bits per heavy atom. The first kappa shape index (κ1) is 13.4. The summed E-state index contributed by atoms with van der Waals surface area (Å²) >= 11 is 0. The molecule has 0 atom stereocenters. The van der Waals surface area contributed by atoms with Crippen molar-refractivity contribution in [1.29, 1.82) is 10.5 Å². The molecule has 2 rings (SSSR count). The molecule has 0 saturated heterocycles. The van der Waals surface area contributed by atoms with Crippen molar-refractivity contribution in [1.82, 2.24) is 9.78 Å². The molecule has 0 aliphatic heterocycles. The van der Waals surface area contributed by atoms with Gasteiger partial charge in [-0.2, -0.15) is 10.5 Å². The molecule has 0 aliphatic carbocycles. The van der Waals surface area contributed by atoms with Crippen LogP contribution in [0.5, 0.6) is 0 Å². The van der Waals surface area contributed by atoms with Crippen LogP contribution < -0.4 is 10.6 Å². The van der Waals surface area contributed by atoms with E-state index in [0.717, 1.165) is 0 Å². The first-order valence-corrected chi connectivity index (χ1v) is 6.12. The average molecular weight is 266 g/mol. The van der Waals surface area contributed by atoms with Gasteiger partial charge in [0.1, 0.15) is 17.5 Å². The summed E-state index contributed by atoms with van der Waals surface area (Å²) in [5.74, 6) is 0.813. The van der Waals surface area contributed by atoms with Crippen molar-refractivity contribution in [3.05, 3.63) is 35.4 Å². The van der Waals surface area contributed by atoms with Crippen molar-refractivity contribution < 1.29 is 0 Å². The van der Waals surface area contributed by atoms with E-state index in [1.165, 1.54) is 4.68 Å². The third-order valence-corrected chi connectivity index (χ3v) is 3.07. The zero-order chi connectivity index (χ0) is 14.7. The fourth-order valence-electron chi connectivity index (χ4n) is 1.85. The molecule has 0 spiro atoms. The van der Waals surface area contributed by atoms with Crippen LogP contribution >= 0.6 is 0 Å². The third kappa shape index (κ3) is 2.15. The van der Waals surface area contributed by atoms with Crippen LogP contribution in [0.1, 0.15) is 18.1 Å². The van der Waals surface area contributed by atoms with E-state index in [9.17, 15) is 5.26 Å². The molecule has 0 fully saturated rings. The van der Waals surface area contributed by atoms with E-state index in [4.69, 9.17) is 11.0 Å². The van der Waals surface area contributed by atoms with Gasteiger partial charge in [-0.15, -0.1) is 5.10 Å². The first-order chi connectivity index (χ1) is 9.62. The molecule has 0 unspecified atom stereocenters. The van der Waals surface area contributed by atoms with Gasteiger partial charge < -0.3 is 10.6 Å². The molecule has 6 heteroatoms. The molecule has 100 valence electrons. The molecule has 20 heavy (non-hydrogen) atoms. The van der Waals surface area contributed by atoms with Crippen LogP contribution in [0.3, 0.4) is 0 Å². The summed E-state index contributed by atoms with van der Waals surface area (Å²) in [7, 11) is 1.85. The summed E-state index contributed by atoms with van der Waals surface area (Å²) in [6.07, 6.45) is 0. The number of anilines is 2. The predicted molar refractivity (Wildman–Crippen MR) is 76.4 cm³/mol. The number of benzene rings is 1. The molecule has 0 saturated carbocycles. The highest BCUT2D eigenvalue weighted by Crippen LogP contribution is 2.26. The van der Waals surface area contributed by atoms with Gasteiger partial charge in [-0.3, -0.25) is 0 Å². The maximum atomic E-state index is 9.24. The summed E-state index contributed by atoms with van der Waals surface area (Å²) in [6, 6.07) is 11.1. The lowest BCUT2D eigenvalue weighted by Crippen LogP contribution is -2.17. The molecular formula is C14H14N6. The Kier molecular flexibility index (Phi) is 3.58. The van der Waals surface area contributed by atoms with Crippen molar-refractivity contribution >= 4 is 11.6 Å². The number of hydrogen-bond donors (Lipinski definition) is 1. The molecule has 2 aromatic rings. The molecule has 1 heterocycles. The van der Waals surface area contributed by atoms with Crippen molar-refractivity contribution in [3.63, 3.8) is 0 Å². The van der Waals surface area contributed by atoms with E-state index in [1.54, 1.807) is 24.3 Å². The Morgan fingerprint density at radius 1 is 1.35 bits per heavy atom. The van der Waals surface area contributed by atoms with Crippen LogP contribution in [0.25, 0.3) is 5.69 Å². The fraction of sp³-hybridized carbons (Fsp3) is 0.214. The minimum Gasteiger partial charge on any atom is -0.382 e. The first-order valence-electron chi connectivity index (χ1n) is 6.12. The predicted octanol–water partition coefficient (Wildman–Crippen LogP) is 1.65. The Balaban J connectivity index is 2.61. The minimum absolute atomic E-state index is 0.276. The summed E-state index contributed by atoms with van der Waals surface area (Å²) in [5, 5.41) is 22.6. The lowest BCUT2D eigenvalue weighted by molar-refractivity contribution is 0.851. The second-order valence-electron chi connectivity index (χ2n) is 4.28. The lowest BCUT2D eigenvalue weighted by atomic mass is 10.2. The fourth-order valence-corrected chi connectivity index (χ4v) is 1.85. The molecule has 1 aromatic carbocycles. The molecule has 2 N–H and O–H groups in total. The second-order valence-corrected chi connectivity index (χ2v) is 4.28. The van der Waals surface area contributed by atoms with E-state index in [1.807, 2.05) is 18.9 Å².